The molecule has 5 nitrogen and oxygen atoms in total. The third-order valence-corrected chi connectivity index (χ3v) is 8.60. The molecule has 1 saturated carbocycles. The average molecular weight is 604 g/mol. The summed E-state index contributed by atoms with van der Waals surface area (Å²) in [5.41, 5.74) is -2.64. The first kappa shape index (κ1) is 29.0. The van der Waals surface area contributed by atoms with Crippen LogP contribution >= 0.6 is 0 Å². The second-order valence-electron chi connectivity index (χ2n) is 9.73. The number of halogens is 8. The van der Waals surface area contributed by atoms with E-state index in [0.717, 1.165) is 24.4 Å². The average Bonchev–Trinajstić information content (AvgIpc) is 3.64. The predicted molar refractivity (Wildman–Crippen MR) is 133 cm³/mol. The third-order valence-electron chi connectivity index (χ3n) is 6.86. The lowest BCUT2D eigenvalue weighted by molar-refractivity contribution is -0.139. The van der Waals surface area contributed by atoms with E-state index in [0.29, 0.717) is 29.7 Å². The molecule has 1 aromatic heterocycles. The van der Waals surface area contributed by atoms with Crippen LogP contribution in [0.4, 0.5) is 35.1 Å². The number of hydrogen-bond donors (Lipinski definition) is 0. The van der Waals surface area contributed by atoms with E-state index in [1.807, 2.05) is 0 Å². The standard InChI is InChI=1S/C27H21F8N3O2S/c1-2-41(39,40)23-8-16(15-5-6-18(14-3-4-14)19(7-15)27(33,34)35)11-36-25(23)21-10-22-20(37-21)9-17(26(30,31)32)12-38(22)13-24(28)29/h5-12,14,24H,2-4,13H2,1H3. The zero-order chi connectivity index (χ0) is 29.9. The SMILES string of the molecule is CCS(=O)(=O)c1cc(-c2ccc(C3CC3)c(C(F)(F)F)c2)cnc1-c1cc2n(CC(F)F)cc(C(F)(F)F)cc-2n1. The number of nitrogens with zero attached hydrogens (tertiary/aromatic N) is 3. The maximum Gasteiger partial charge on any atom is 0.417 e. The molecule has 1 aliphatic carbocycles. The predicted octanol–water partition coefficient (Wildman–Crippen LogP) is 7.69. The van der Waals surface area contributed by atoms with Crippen molar-refractivity contribution in [3.8, 4) is 33.9 Å². The van der Waals surface area contributed by atoms with Gasteiger partial charge in [0.15, 0.2) is 9.84 Å². The van der Waals surface area contributed by atoms with Gasteiger partial charge in [0.1, 0.15) is 5.69 Å². The maximum absolute atomic E-state index is 13.8. The molecule has 0 N–H and O–H groups in total. The Kier molecular flexibility index (Phi) is 7.11. The molecular weight excluding hydrogens is 582 g/mol. The molecule has 41 heavy (non-hydrogen) atoms. The fraction of sp³-hybridized carbons (Fsp3) is 0.333. The Morgan fingerprint density at radius 3 is 2.24 bits per heavy atom. The number of hydrogen-bond acceptors (Lipinski definition) is 4. The topological polar surface area (TPSA) is 64.8 Å². The second kappa shape index (κ2) is 10.1. The molecular formula is C27H21F8N3O2S. The van der Waals surface area contributed by atoms with Crippen LogP contribution < -0.4 is 0 Å². The van der Waals surface area contributed by atoms with E-state index in [1.165, 1.54) is 19.1 Å². The summed E-state index contributed by atoms with van der Waals surface area (Å²) in [6, 6.07) is 6.70. The maximum atomic E-state index is 13.8. The number of fused-ring (bicyclic) bond motifs is 1. The van der Waals surface area contributed by atoms with Crippen LogP contribution in [0.1, 0.15) is 42.4 Å². The molecule has 0 saturated heterocycles. The second-order valence-corrected chi connectivity index (χ2v) is 12.0. The molecule has 1 fully saturated rings. The molecule has 0 amide bonds. The summed E-state index contributed by atoms with van der Waals surface area (Å²) in [5.74, 6) is -0.621. The molecule has 0 bridgehead atoms. The van der Waals surface area contributed by atoms with Crippen LogP contribution in [0.2, 0.25) is 0 Å². The van der Waals surface area contributed by atoms with E-state index in [9.17, 15) is 43.5 Å². The van der Waals surface area contributed by atoms with Crippen molar-refractivity contribution in [2.24, 2.45) is 0 Å². The quantitative estimate of drug-likeness (QED) is 0.203. The first-order chi connectivity index (χ1) is 19.1. The van der Waals surface area contributed by atoms with Crippen molar-refractivity contribution < 1.29 is 43.5 Å². The molecule has 2 aromatic rings. The van der Waals surface area contributed by atoms with Gasteiger partial charge in [0.2, 0.25) is 0 Å². The van der Waals surface area contributed by atoms with Gasteiger partial charge in [-0.15, -0.1) is 0 Å². The molecule has 3 heterocycles. The number of rotatable bonds is 7. The van der Waals surface area contributed by atoms with Gasteiger partial charge in [0, 0.05) is 18.0 Å². The van der Waals surface area contributed by atoms with Crippen LogP contribution in [-0.4, -0.2) is 35.1 Å². The summed E-state index contributed by atoms with van der Waals surface area (Å²) in [7, 11) is -4.09. The number of pyridine rings is 2. The summed E-state index contributed by atoms with van der Waals surface area (Å²) in [6.07, 6.45) is -9.56. The van der Waals surface area contributed by atoms with E-state index in [4.69, 9.17) is 0 Å². The van der Waals surface area contributed by atoms with Gasteiger partial charge >= 0.3 is 12.4 Å². The monoisotopic (exact) mass is 603 g/mol. The molecule has 2 aliphatic heterocycles. The molecule has 5 rings (SSSR count). The minimum Gasteiger partial charge on any atom is -0.340 e. The summed E-state index contributed by atoms with van der Waals surface area (Å²) in [6.45, 7) is 0.259. The molecule has 0 spiro atoms. The summed E-state index contributed by atoms with van der Waals surface area (Å²) < 4.78 is 135. The van der Waals surface area contributed by atoms with Crippen LogP contribution in [0.3, 0.4) is 0 Å². The van der Waals surface area contributed by atoms with Gasteiger partial charge in [-0.25, -0.2) is 22.2 Å². The lowest BCUT2D eigenvalue weighted by atomic mass is 9.97. The number of sulfone groups is 1. The van der Waals surface area contributed by atoms with Crippen molar-refractivity contribution >= 4 is 9.84 Å². The van der Waals surface area contributed by atoms with Crippen molar-refractivity contribution in [3.05, 3.63) is 65.5 Å². The largest absolute Gasteiger partial charge is 0.417 e. The molecule has 218 valence electrons. The minimum absolute atomic E-state index is 0.0665. The van der Waals surface area contributed by atoms with E-state index >= 15 is 0 Å². The Hall–Kier alpha value is -3.55. The minimum atomic E-state index is -4.86. The normalized spacial score (nSPS) is 14.8. The Labute approximate surface area is 229 Å². The highest BCUT2D eigenvalue weighted by Crippen LogP contribution is 2.47. The van der Waals surface area contributed by atoms with Gasteiger partial charge in [-0.05, 0) is 54.2 Å². The highest BCUT2D eigenvalue weighted by atomic mass is 32.2. The molecule has 0 atom stereocenters. The van der Waals surface area contributed by atoms with Gasteiger partial charge in [0.25, 0.3) is 6.43 Å². The summed E-state index contributed by atoms with van der Waals surface area (Å²) >= 11 is 0. The van der Waals surface area contributed by atoms with Crippen molar-refractivity contribution in [1.29, 1.82) is 0 Å². The lowest BCUT2D eigenvalue weighted by Crippen LogP contribution is -2.14. The fourth-order valence-electron chi connectivity index (χ4n) is 4.68. The van der Waals surface area contributed by atoms with Gasteiger partial charge in [-0.3, -0.25) is 4.98 Å². The smallest absolute Gasteiger partial charge is 0.340 e. The van der Waals surface area contributed by atoms with Crippen molar-refractivity contribution in [3.63, 3.8) is 0 Å². The van der Waals surface area contributed by atoms with E-state index in [1.54, 1.807) is 0 Å². The van der Waals surface area contributed by atoms with Gasteiger partial charge in [-0.2, -0.15) is 26.3 Å². The Bertz CT molecular complexity index is 1690. The van der Waals surface area contributed by atoms with Crippen LogP contribution in [0.15, 0.2) is 53.7 Å². The van der Waals surface area contributed by atoms with Gasteiger partial charge in [0.05, 0.1) is 45.4 Å². The highest BCUT2D eigenvalue weighted by molar-refractivity contribution is 7.91. The van der Waals surface area contributed by atoms with Crippen molar-refractivity contribution in [2.75, 3.05) is 5.75 Å². The summed E-state index contributed by atoms with van der Waals surface area (Å²) in [5, 5.41) is 0. The van der Waals surface area contributed by atoms with Gasteiger partial charge < -0.3 is 4.57 Å². The Balaban J connectivity index is 1.67. The zero-order valence-electron chi connectivity index (χ0n) is 21.2. The third kappa shape index (κ3) is 5.79. The molecule has 3 aliphatic rings. The molecule has 1 aromatic carbocycles. The molecule has 0 radical (unpaired) electrons. The van der Waals surface area contributed by atoms with Gasteiger partial charge in [-0.1, -0.05) is 19.1 Å². The van der Waals surface area contributed by atoms with Crippen LogP contribution in [0.5, 0.6) is 0 Å². The first-order valence-electron chi connectivity index (χ1n) is 12.4. The van der Waals surface area contributed by atoms with Crippen LogP contribution in [-0.2, 0) is 28.7 Å². The highest BCUT2D eigenvalue weighted by Gasteiger charge is 2.38. The molecule has 14 heteroatoms. The fourth-order valence-corrected chi connectivity index (χ4v) is 5.75. The van der Waals surface area contributed by atoms with E-state index in [2.05, 4.69) is 9.97 Å². The van der Waals surface area contributed by atoms with E-state index in [-0.39, 0.29) is 45.4 Å². The number of aromatic nitrogens is 3. The number of alkyl halides is 8. The summed E-state index contributed by atoms with van der Waals surface area (Å²) in [4.78, 5) is 7.83. The van der Waals surface area contributed by atoms with Crippen molar-refractivity contribution in [2.45, 2.75) is 55.9 Å². The zero-order valence-corrected chi connectivity index (χ0v) is 22.0. The molecule has 0 unspecified atom stereocenters. The lowest BCUT2D eigenvalue weighted by Gasteiger charge is -2.15. The first-order valence-corrected chi connectivity index (χ1v) is 14.0. The Morgan fingerprint density at radius 1 is 0.951 bits per heavy atom. The van der Waals surface area contributed by atoms with Crippen molar-refractivity contribution in [1.82, 2.24) is 14.5 Å². The Morgan fingerprint density at radius 2 is 1.66 bits per heavy atom. The van der Waals surface area contributed by atoms with Crippen LogP contribution in [0, 0.1) is 0 Å². The van der Waals surface area contributed by atoms with E-state index < -0.39 is 56.9 Å². The van der Waals surface area contributed by atoms with Crippen LogP contribution in [0.25, 0.3) is 33.9 Å². The number of benzene rings is 1.